The number of alkyl halides is 2. The van der Waals surface area contributed by atoms with E-state index in [9.17, 15) is 8.78 Å². The topological polar surface area (TPSA) is 21.3 Å². The summed E-state index contributed by atoms with van der Waals surface area (Å²) in [7, 11) is 1.47. The Hall–Kier alpha value is -0.710. The number of rotatable bonds is 4. The van der Waals surface area contributed by atoms with Gasteiger partial charge in [-0.2, -0.15) is 5.48 Å². The molecule has 1 N–H and O–H groups in total. The van der Waals surface area contributed by atoms with Crippen molar-refractivity contribution in [3.05, 3.63) is 34.3 Å². The molecule has 0 fully saturated rings. The van der Waals surface area contributed by atoms with Crippen LogP contribution in [0.5, 0.6) is 0 Å². The van der Waals surface area contributed by atoms with Crippen LogP contribution >= 0.6 is 11.6 Å². The molecule has 5 heteroatoms. The smallest absolute Gasteiger partial charge is 0.263 e. The van der Waals surface area contributed by atoms with E-state index in [4.69, 9.17) is 11.6 Å². The quantitative estimate of drug-likeness (QED) is 0.790. The van der Waals surface area contributed by atoms with E-state index in [0.717, 1.165) is 5.56 Å². The highest BCUT2D eigenvalue weighted by atomic mass is 35.5. The molecule has 0 aliphatic carbocycles. The molecule has 0 saturated carbocycles. The lowest BCUT2D eigenvalue weighted by molar-refractivity contribution is 0.0867. The van der Waals surface area contributed by atoms with Crippen LogP contribution in [-0.4, -0.2) is 7.11 Å². The summed E-state index contributed by atoms with van der Waals surface area (Å²) in [6.07, 6.45) is -2.49. The minimum atomic E-state index is -2.49. The fourth-order valence-corrected chi connectivity index (χ4v) is 1.25. The van der Waals surface area contributed by atoms with Gasteiger partial charge in [-0.1, -0.05) is 23.7 Å². The van der Waals surface area contributed by atoms with E-state index in [1.165, 1.54) is 19.2 Å². The van der Waals surface area contributed by atoms with Crippen LogP contribution in [0.25, 0.3) is 0 Å². The first kappa shape index (κ1) is 11.4. The molecule has 0 heterocycles. The Balaban J connectivity index is 2.79. The highest BCUT2D eigenvalue weighted by molar-refractivity contribution is 6.31. The lowest BCUT2D eigenvalue weighted by atomic mass is 10.1. The first-order chi connectivity index (χ1) is 6.65. The van der Waals surface area contributed by atoms with Crippen LogP contribution in [0.15, 0.2) is 18.2 Å². The number of hydrogen-bond donors (Lipinski definition) is 1. The van der Waals surface area contributed by atoms with E-state index in [2.05, 4.69) is 10.3 Å². The summed E-state index contributed by atoms with van der Waals surface area (Å²) < 4.78 is 24.5. The molecule has 0 spiro atoms. The Bertz CT molecular complexity index is 307. The van der Waals surface area contributed by atoms with Crippen molar-refractivity contribution < 1.29 is 13.6 Å². The zero-order valence-electron chi connectivity index (χ0n) is 7.56. The van der Waals surface area contributed by atoms with Gasteiger partial charge in [0.2, 0.25) is 0 Å². The van der Waals surface area contributed by atoms with Gasteiger partial charge in [-0.3, -0.25) is 0 Å². The Kier molecular flexibility index (Phi) is 4.25. The molecule has 0 radical (unpaired) electrons. The second-order valence-corrected chi connectivity index (χ2v) is 3.08. The number of benzene rings is 1. The van der Waals surface area contributed by atoms with Crippen molar-refractivity contribution >= 4 is 11.6 Å². The Morgan fingerprint density at radius 2 is 2.21 bits per heavy atom. The maximum atomic E-state index is 12.2. The average molecular weight is 222 g/mol. The number of hydroxylamine groups is 1. The van der Waals surface area contributed by atoms with Gasteiger partial charge in [-0.25, -0.2) is 8.78 Å². The van der Waals surface area contributed by atoms with E-state index in [1.807, 2.05) is 0 Å². The second kappa shape index (κ2) is 5.24. The normalized spacial score (nSPS) is 10.9. The molecule has 1 aromatic rings. The average Bonchev–Trinajstić information content (AvgIpc) is 2.15. The fraction of sp³-hybridized carbons (Fsp3) is 0.333. The predicted octanol–water partition coefficient (Wildman–Crippen LogP) is 2.93. The van der Waals surface area contributed by atoms with Crippen LogP contribution in [0.3, 0.4) is 0 Å². The van der Waals surface area contributed by atoms with Gasteiger partial charge in [0.15, 0.2) is 0 Å². The fourth-order valence-electron chi connectivity index (χ4n) is 0.993. The van der Waals surface area contributed by atoms with E-state index >= 15 is 0 Å². The number of hydrogen-bond acceptors (Lipinski definition) is 2. The molecule has 0 amide bonds. The Labute approximate surface area is 85.8 Å². The summed E-state index contributed by atoms with van der Waals surface area (Å²) in [6, 6.07) is 4.16. The molecule has 0 unspecified atom stereocenters. The second-order valence-electron chi connectivity index (χ2n) is 2.68. The largest absolute Gasteiger partial charge is 0.305 e. The van der Waals surface area contributed by atoms with Crippen LogP contribution in [0.2, 0.25) is 5.02 Å². The maximum Gasteiger partial charge on any atom is 0.263 e. The summed E-state index contributed by atoms with van der Waals surface area (Å²) in [5.41, 5.74) is 3.23. The SMILES string of the molecule is CONCc1ccc(C(F)F)cc1Cl. The summed E-state index contributed by atoms with van der Waals surface area (Å²) in [6.45, 7) is 0.388. The van der Waals surface area contributed by atoms with Crippen molar-refractivity contribution in [2.45, 2.75) is 13.0 Å². The van der Waals surface area contributed by atoms with Gasteiger partial charge in [0, 0.05) is 17.1 Å². The lowest BCUT2D eigenvalue weighted by Gasteiger charge is -2.06. The van der Waals surface area contributed by atoms with Crippen LogP contribution in [-0.2, 0) is 11.4 Å². The molecule has 0 saturated heterocycles. The third-order valence-electron chi connectivity index (χ3n) is 1.74. The molecule has 0 aliphatic rings. The predicted molar refractivity (Wildman–Crippen MR) is 50.3 cm³/mol. The van der Waals surface area contributed by atoms with Gasteiger partial charge in [0.05, 0.1) is 7.11 Å². The van der Waals surface area contributed by atoms with Crippen molar-refractivity contribution in [1.82, 2.24) is 5.48 Å². The van der Waals surface area contributed by atoms with E-state index in [0.29, 0.717) is 11.6 Å². The van der Waals surface area contributed by atoms with E-state index < -0.39 is 6.43 Å². The molecule has 78 valence electrons. The van der Waals surface area contributed by atoms with Crippen molar-refractivity contribution in [1.29, 1.82) is 0 Å². The Morgan fingerprint density at radius 1 is 1.50 bits per heavy atom. The van der Waals surface area contributed by atoms with Gasteiger partial charge in [0.25, 0.3) is 6.43 Å². The highest BCUT2D eigenvalue weighted by Gasteiger charge is 2.09. The highest BCUT2D eigenvalue weighted by Crippen LogP contribution is 2.24. The van der Waals surface area contributed by atoms with Crippen LogP contribution in [0.1, 0.15) is 17.6 Å². The minimum Gasteiger partial charge on any atom is -0.305 e. The molecule has 0 bridgehead atoms. The summed E-state index contributed by atoms with van der Waals surface area (Å²) in [4.78, 5) is 4.62. The first-order valence-electron chi connectivity index (χ1n) is 3.97. The van der Waals surface area contributed by atoms with Crippen molar-refractivity contribution in [2.75, 3.05) is 7.11 Å². The zero-order chi connectivity index (χ0) is 10.6. The molecule has 0 aliphatic heterocycles. The van der Waals surface area contributed by atoms with Crippen molar-refractivity contribution in [2.24, 2.45) is 0 Å². The van der Waals surface area contributed by atoms with Gasteiger partial charge in [-0.15, -0.1) is 0 Å². The van der Waals surface area contributed by atoms with Gasteiger partial charge in [0.1, 0.15) is 0 Å². The summed E-state index contributed by atoms with van der Waals surface area (Å²) in [5, 5.41) is 0.312. The summed E-state index contributed by atoms with van der Waals surface area (Å²) >= 11 is 5.78. The van der Waals surface area contributed by atoms with Crippen LogP contribution in [0, 0.1) is 0 Å². The molecular formula is C9H10ClF2NO. The molecule has 0 atom stereocenters. The Morgan fingerprint density at radius 3 is 2.71 bits per heavy atom. The van der Waals surface area contributed by atoms with Crippen molar-refractivity contribution in [3.63, 3.8) is 0 Å². The van der Waals surface area contributed by atoms with Gasteiger partial charge >= 0.3 is 0 Å². The van der Waals surface area contributed by atoms with Crippen molar-refractivity contribution in [3.8, 4) is 0 Å². The third kappa shape index (κ3) is 2.90. The number of nitrogens with one attached hydrogen (secondary N) is 1. The lowest BCUT2D eigenvalue weighted by Crippen LogP contribution is -2.11. The van der Waals surface area contributed by atoms with E-state index in [1.54, 1.807) is 6.07 Å². The third-order valence-corrected chi connectivity index (χ3v) is 2.09. The maximum absolute atomic E-state index is 12.2. The standard InChI is InChI=1S/C9H10ClF2NO/c1-14-13-5-7-3-2-6(9(11)12)4-8(7)10/h2-4,9,13H,5H2,1H3. The van der Waals surface area contributed by atoms with Gasteiger partial charge in [-0.05, 0) is 11.6 Å². The van der Waals surface area contributed by atoms with Crippen LogP contribution in [0.4, 0.5) is 8.78 Å². The molecule has 1 rings (SSSR count). The first-order valence-corrected chi connectivity index (χ1v) is 4.35. The molecule has 2 nitrogen and oxygen atoms in total. The zero-order valence-corrected chi connectivity index (χ0v) is 8.31. The molecule has 1 aromatic carbocycles. The summed E-state index contributed by atoms with van der Waals surface area (Å²) in [5.74, 6) is 0. The molecular weight excluding hydrogens is 212 g/mol. The van der Waals surface area contributed by atoms with E-state index in [-0.39, 0.29) is 5.56 Å². The molecule has 14 heavy (non-hydrogen) atoms. The molecule has 0 aromatic heterocycles. The number of halogens is 3. The van der Waals surface area contributed by atoms with Gasteiger partial charge < -0.3 is 4.84 Å². The monoisotopic (exact) mass is 221 g/mol. The van der Waals surface area contributed by atoms with Crippen LogP contribution < -0.4 is 5.48 Å². The minimum absolute atomic E-state index is 0.0730.